The van der Waals surface area contributed by atoms with Gasteiger partial charge in [-0.3, -0.25) is 14.5 Å². The molecule has 0 atom stereocenters. The highest BCUT2D eigenvalue weighted by Gasteiger charge is 2.26. The first-order valence-electron chi connectivity index (χ1n) is 7.34. The number of nitrogens with zero attached hydrogens (tertiary/aromatic N) is 2. The van der Waals surface area contributed by atoms with Gasteiger partial charge in [0.05, 0.1) is 17.5 Å². The van der Waals surface area contributed by atoms with Crippen molar-refractivity contribution in [1.29, 1.82) is 0 Å². The summed E-state index contributed by atoms with van der Waals surface area (Å²) in [4.78, 5) is 25.2. The quantitative estimate of drug-likeness (QED) is 0.679. The molecule has 0 aromatic heterocycles. The predicted octanol–water partition coefficient (Wildman–Crippen LogP) is 1.84. The molecule has 3 rings (SSSR count). The minimum atomic E-state index is -0.796. The molecular weight excluding hydrogens is 332 g/mol. The lowest BCUT2D eigenvalue weighted by Gasteiger charge is -2.28. The second-order valence-corrected chi connectivity index (χ2v) is 5.16. The molecule has 0 spiro atoms. The van der Waals surface area contributed by atoms with Gasteiger partial charge in [0.25, 0.3) is 11.8 Å². The summed E-state index contributed by atoms with van der Waals surface area (Å²) in [6, 6.07) is 10.2. The summed E-state index contributed by atoms with van der Waals surface area (Å²) in [5.41, 5.74) is 2.25. The van der Waals surface area contributed by atoms with Crippen LogP contribution >= 0.6 is 0 Å². The summed E-state index contributed by atoms with van der Waals surface area (Å²) in [7, 11) is 0. The van der Waals surface area contributed by atoms with Crippen LogP contribution in [-0.2, 0) is 9.59 Å². The number of anilines is 1. The molecule has 2 amide bonds. The van der Waals surface area contributed by atoms with Gasteiger partial charge in [-0.25, -0.2) is 14.2 Å². The van der Waals surface area contributed by atoms with Crippen molar-refractivity contribution in [3.63, 3.8) is 0 Å². The number of hydrogen-bond donors (Lipinski definition) is 1. The Kier molecular flexibility index (Phi) is 4.69. The maximum Gasteiger partial charge on any atom is 0.265 e. The van der Waals surface area contributed by atoms with Crippen LogP contribution in [0, 0.1) is 11.6 Å². The van der Waals surface area contributed by atoms with Crippen LogP contribution in [-0.4, -0.2) is 31.2 Å². The number of hydrogen-bond acceptors (Lipinski definition) is 4. The zero-order chi connectivity index (χ0) is 17.8. The van der Waals surface area contributed by atoms with Crippen molar-refractivity contribution in [2.75, 3.05) is 18.1 Å². The third-order valence-corrected chi connectivity index (χ3v) is 3.49. The van der Waals surface area contributed by atoms with E-state index >= 15 is 0 Å². The first-order chi connectivity index (χ1) is 12.1. The standard InChI is InChI=1S/C17H13F2N3O3/c18-12-4-3-5-13(19)11(12)8-20-21-16(23)9-22-14-6-1-2-7-15(14)25-10-17(22)24/h1-8H,9-10H2,(H,21,23)/b20-8-. The van der Waals surface area contributed by atoms with E-state index in [0.717, 1.165) is 18.3 Å². The Hall–Kier alpha value is -3.29. The lowest BCUT2D eigenvalue weighted by molar-refractivity contribution is -0.125. The van der Waals surface area contributed by atoms with Crippen molar-refractivity contribution in [3.05, 3.63) is 59.7 Å². The van der Waals surface area contributed by atoms with E-state index in [2.05, 4.69) is 10.5 Å². The Balaban J connectivity index is 1.67. The molecule has 6 nitrogen and oxygen atoms in total. The molecule has 0 saturated heterocycles. The molecule has 0 saturated carbocycles. The molecule has 0 bridgehead atoms. The zero-order valence-corrected chi connectivity index (χ0v) is 12.9. The first-order valence-corrected chi connectivity index (χ1v) is 7.34. The molecule has 1 aliphatic heterocycles. The van der Waals surface area contributed by atoms with Gasteiger partial charge >= 0.3 is 0 Å². The fourth-order valence-corrected chi connectivity index (χ4v) is 2.31. The molecule has 25 heavy (non-hydrogen) atoms. The number of carbonyl (C=O) groups is 2. The van der Waals surface area contributed by atoms with E-state index in [1.807, 2.05) is 0 Å². The molecule has 1 heterocycles. The maximum absolute atomic E-state index is 13.5. The van der Waals surface area contributed by atoms with Crippen molar-refractivity contribution < 1.29 is 23.1 Å². The summed E-state index contributed by atoms with van der Waals surface area (Å²) in [5.74, 6) is -2.09. The fourth-order valence-electron chi connectivity index (χ4n) is 2.31. The highest BCUT2D eigenvalue weighted by atomic mass is 19.1. The van der Waals surface area contributed by atoms with Gasteiger partial charge in [0.15, 0.2) is 6.61 Å². The molecule has 8 heteroatoms. The van der Waals surface area contributed by atoms with Crippen LogP contribution in [0.3, 0.4) is 0 Å². The van der Waals surface area contributed by atoms with E-state index in [1.54, 1.807) is 24.3 Å². The Morgan fingerprint density at radius 3 is 2.68 bits per heavy atom. The van der Waals surface area contributed by atoms with Gasteiger partial charge in [-0.1, -0.05) is 18.2 Å². The monoisotopic (exact) mass is 345 g/mol. The SMILES string of the molecule is O=C(CN1C(=O)COc2ccccc21)N/N=C\c1c(F)cccc1F. The Morgan fingerprint density at radius 2 is 1.92 bits per heavy atom. The second kappa shape index (κ2) is 7.08. The van der Waals surface area contributed by atoms with Crippen molar-refractivity contribution in [3.8, 4) is 5.75 Å². The molecule has 0 unspecified atom stereocenters. The van der Waals surface area contributed by atoms with Crippen LogP contribution in [0.2, 0.25) is 0 Å². The van der Waals surface area contributed by atoms with E-state index < -0.39 is 17.5 Å². The summed E-state index contributed by atoms with van der Waals surface area (Å²) in [6.07, 6.45) is 0.873. The van der Waals surface area contributed by atoms with Crippen LogP contribution < -0.4 is 15.1 Å². The Morgan fingerprint density at radius 1 is 1.20 bits per heavy atom. The number of fused-ring (bicyclic) bond motifs is 1. The molecule has 0 radical (unpaired) electrons. The van der Waals surface area contributed by atoms with Crippen molar-refractivity contribution >= 4 is 23.7 Å². The highest BCUT2D eigenvalue weighted by Crippen LogP contribution is 2.31. The van der Waals surface area contributed by atoms with Crippen LogP contribution in [0.5, 0.6) is 5.75 Å². The maximum atomic E-state index is 13.5. The van der Waals surface area contributed by atoms with Gasteiger partial charge < -0.3 is 4.74 Å². The largest absolute Gasteiger partial charge is 0.482 e. The normalized spacial score (nSPS) is 13.5. The predicted molar refractivity (Wildman–Crippen MR) is 86.4 cm³/mol. The second-order valence-electron chi connectivity index (χ2n) is 5.16. The minimum absolute atomic E-state index is 0.173. The first kappa shape index (κ1) is 16.6. The average Bonchev–Trinajstić information content (AvgIpc) is 2.60. The molecule has 128 valence electrons. The number of halogens is 2. The fraction of sp³-hybridized carbons (Fsp3) is 0.118. The number of nitrogens with one attached hydrogen (secondary N) is 1. The molecule has 0 aliphatic carbocycles. The van der Waals surface area contributed by atoms with Crippen molar-refractivity contribution in [1.82, 2.24) is 5.43 Å². The third-order valence-electron chi connectivity index (χ3n) is 3.49. The summed E-state index contributed by atoms with van der Waals surface area (Å²) >= 11 is 0. The van der Waals surface area contributed by atoms with E-state index in [-0.39, 0.29) is 24.6 Å². The van der Waals surface area contributed by atoms with Crippen LogP contribution in [0.25, 0.3) is 0 Å². The molecule has 2 aromatic rings. The van der Waals surface area contributed by atoms with E-state index in [4.69, 9.17) is 4.74 Å². The number of benzene rings is 2. The van der Waals surface area contributed by atoms with Gasteiger partial charge in [-0.05, 0) is 24.3 Å². The van der Waals surface area contributed by atoms with Crippen molar-refractivity contribution in [2.45, 2.75) is 0 Å². The topological polar surface area (TPSA) is 71.0 Å². The Labute approximate surface area is 141 Å². The van der Waals surface area contributed by atoms with Gasteiger partial charge in [0.1, 0.15) is 23.9 Å². The third kappa shape index (κ3) is 3.63. The van der Waals surface area contributed by atoms with Crippen LogP contribution in [0.1, 0.15) is 5.56 Å². The molecule has 1 N–H and O–H groups in total. The van der Waals surface area contributed by atoms with Gasteiger partial charge in [-0.2, -0.15) is 5.10 Å². The summed E-state index contributed by atoms with van der Waals surface area (Å²) < 4.78 is 32.2. The van der Waals surface area contributed by atoms with E-state index in [0.29, 0.717) is 11.4 Å². The summed E-state index contributed by atoms with van der Waals surface area (Å²) in [5, 5.41) is 3.54. The number of carbonyl (C=O) groups excluding carboxylic acids is 2. The highest BCUT2D eigenvalue weighted by molar-refractivity contribution is 6.02. The molecule has 0 fully saturated rings. The molecular formula is C17H13F2N3O3. The lowest BCUT2D eigenvalue weighted by Crippen LogP contribution is -2.44. The van der Waals surface area contributed by atoms with Gasteiger partial charge in [0.2, 0.25) is 0 Å². The van der Waals surface area contributed by atoms with Crippen LogP contribution in [0.15, 0.2) is 47.6 Å². The zero-order valence-electron chi connectivity index (χ0n) is 12.9. The van der Waals surface area contributed by atoms with Gasteiger partial charge in [0, 0.05) is 0 Å². The summed E-state index contributed by atoms with van der Waals surface area (Å²) in [6.45, 7) is -0.468. The molecule has 2 aromatic carbocycles. The average molecular weight is 345 g/mol. The van der Waals surface area contributed by atoms with Crippen molar-refractivity contribution in [2.24, 2.45) is 5.10 Å². The van der Waals surface area contributed by atoms with E-state index in [1.165, 1.54) is 11.0 Å². The smallest absolute Gasteiger partial charge is 0.265 e. The Bertz CT molecular complexity index is 835. The van der Waals surface area contributed by atoms with E-state index in [9.17, 15) is 18.4 Å². The lowest BCUT2D eigenvalue weighted by atomic mass is 10.2. The van der Waals surface area contributed by atoms with Crippen LogP contribution in [0.4, 0.5) is 14.5 Å². The number of hydrazone groups is 1. The minimum Gasteiger partial charge on any atom is -0.482 e. The molecule has 1 aliphatic rings. The van der Waals surface area contributed by atoms with Gasteiger partial charge in [-0.15, -0.1) is 0 Å². The number of ether oxygens (including phenoxy) is 1. The number of amides is 2. The number of rotatable bonds is 4. The number of para-hydroxylation sites is 2.